The molecule has 0 radical (unpaired) electrons. The molecule has 0 saturated carbocycles. The highest BCUT2D eigenvalue weighted by Gasteiger charge is 2.09. The molecule has 1 rings (SSSR count). The first-order chi connectivity index (χ1) is 6.83. The molecule has 3 nitrogen and oxygen atoms in total. The van der Waals surface area contributed by atoms with Crippen LogP contribution in [0.15, 0.2) is 4.99 Å². The Morgan fingerprint density at radius 2 is 2.07 bits per heavy atom. The van der Waals surface area contributed by atoms with Crippen molar-refractivity contribution in [2.24, 2.45) is 10.7 Å². The van der Waals surface area contributed by atoms with E-state index in [0.29, 0.717) is 0 Å². The minimum Gasteiger partial charge on any atom is -0.387 e. The molecule has 1 heterocycles. The van der Waals surface area contributed by atoms with Crippen LogP contribution in [-0.4, -0.2) is 36.9 Å². The molecule has 1 fully saturated rings. The smallest absolute Gasteiger partial charge is 0.0936 e. The fourth-order valence-electron chi connectivity index (χ4n) is 1.86. The molecule has 0 aliphatic carbocycles. The lowest BCUT2D eigenvalue weighted by Gasteiger charge is -2.12. The van der Waals surface area contributed by atoms with E-state index in [1.807, 2.05) is 0 Å². The molecule has 1 aliphatic heterocycles. The Morgan fingerprint density at radius 1 is 1.36 bits per heavy atom. The third-order valence-corrected chi connectivity index (χ3v) is 2.65. The standard InChI is InChI=1S/C11H23N3/c1-2-6-11(12)13-7-5-10-14-8-3-4-9-14/h2-10H2,1H3,(H2,12,13). The van der Waals surface area contributed by atoms with Gasteiger partial charge in [0, 0.05) is 13.0 Å². The maximum atomic E-state index is 5.71. The van der Waals surface area contributed by atoms with Gasteiger partial charge in [-0.3, -0.25) is 4.99 Å². The van der Waals surface area contributed by atoms with Crippen molar-refractivity contribution in [1.29, 1.82) is 0 Å². The van der Waals surface area contributed by atoms with E-state index >= 15 is 0 Å². The lowest BCUT2D eigenvalue weighted by atomic mass is 10.3. The van der Waals surface area contributed by atoms with Gasteiger partial charge in [-0.2, -0.15) is 0 Å². The number of hydrogen-bond donors (Lipinski definition) is 1. The normalized spacial score (nSPS) is 19.1. The molecular formula is C11H23N3. The molecule has 2 N–H and O–H groups in total. The van der Waals surface area contributed by atoms with Gasteiger partial charge in [0.1, 0.15) is 0 Å². The van der Waals surface area contributed by atoms with Gasteiger partial charge in [-0.25, -0.2) is 0 Å². The minimum absolute atomic E-state index is 0.828. The molecule has 0 unspecified atom stereocenters. The maximum absolute atomic E-state index is 5.71. The molecule has 0 amide bonds. The van der Waals surface area contributed by atoms with E-state index in [0.717, 1.165) is 31.6 Å². The van der Waals surface area contributed by atoms with Crippen LogP contribution >= 0.6 is 0 Å². The summed E-state index contributed by atoms with van der Waals surface area (Å²) < 4.78 is 0. The molecule has 82 valence electrons. The molecule has 14 heavy (non-hydrogen) atoms. The second-order valence-corrected chi connectivity index (χ2v) is 4.03. The SMILES string of the molecule is CCCC(N)=NCCCN1CCCC1. The number of rotatable bonds is 6. The van der Waals surface area contributed by atoms with Crippen molar-refractivity contribution in [3.05, 3.63) is 0 Å². The number of hydrogen-bond acceptors (Lipinski definition) is 2. The predicted molar refractivity (Wildman–Crippen MR) is 61.7 cm³/mol. The Hall–Kier alpha value is -0.570. The average molecular weight is 197 g/mol. The highest BCUT2D eigenvalue weighted by Crippen LogP contribution is 2.07. The van der Waals surface area contributed by atoms with Gasteiger partial charge in [0.15, 0.2) is 0 Å². The van der Waals surface area contributed by atoms with Crippen LogP contribution in [0.25, 0.3) is 0 Å². The molecule has 0 atom stereocenters. The van der Waals surface area contributed by atoms with Gasteiger partial charge in [-0.15, -0.1) is 0 Å². The van der Waals surface area contributed by atoms with Gasteiger partial charge in [-0.1, -0.05) is 6.92 Å². The van der Waals surface area contributed by atoms with Crippen molar-refractivity contribution in [2.75, 3.05) is 26.2 Å². The van der Waals surface area contributed by atoms with Gasteiger partial charge >= 0.3 is 0 Å². The predicted octanol–water partition coefficient (Wildman–Crippen LogP) is 1.63. The van der Waals surface area contributed by atoms with E-state index < -0.39 is 0 Å². The summed E-state index contributed by atoms with van der Waals surface area (Å²) in [5.41, 5.74) is 5.71. The van der Waals surface area contributed by atoms with Crippen LogP contribution in [0.5, 0.6) is 0 Å². The van der Waals surface area contributed by atoms with Gasteiger partial charge < -0.3 is 10.6 Å². The van der Waals surface area contributed by atoms with Crippen LogP contribution in [-0.2, 0) is 0 Å². The molecule has 1 aliphatic rings. The third kappa shape index (κ3) is 4.61. The first kappa shape index (κ1) is 11.5. The minimum atomic E-state index is 0.828. The van der Waals surface area contributed by atoms with Crippen molar-refractivity contribution in [3.8, 4) is 0 Å². The summed E-state index contributed by atoms with van der Waals surface area (Å²) in [5, 5.41) is 0. The van der Waals surface area contributed by atoms with Gasteiger partial charge in [0.2, 0.25) is 0 Å². The highest BCUT2D eigenvalue weighted by molar-refractivity contribution is 5.80. The second kappa shape index (κ2) is 6.82. The van der Waals surface area contributed by atoms with E-state index in [-0.39, 0.29) is 0 Å². The summed E-state index contributed by atoms with van der Waals surface area (Å²) in [6.45, 7) is 6.81. The van der Waals surface area contributed by atoms with Crippen LogP contribution < -0.4 is 5.73 Å². The Labute approximate surface area is 87.4 Å². The third-order valence-electron chi connectivity index (χ3n) is 2.65. The first-order valence-electron chi connectivity index (χ1n) is 5.84. The van der Waals surface area contributed by atoms with Gasteiger partial charge in [0.05, 0.1) is 5.84 Å². The van der Waals surface area contributed by atoms with Crippen molar-refractivity contribution in [1.82, 2.24) is 4.90 Å². The van der Waals surface area contributed by atoms with Crippen molar-refractivity contribution in [3.63, 3.8) is 0 Å². The molecule has 0 bridgehead atoms. The van der Waals surface area contributed by atoms with E-state index in [9.17, 15) is 0 Å². The number of likely N-dealkylation sites (tertiary alicyclic amines) is 1. The zero-order valence-corrected chi connectivity index (χ0v) is 9.34. The van der Waals surface area contributed by atoms with Crippen molar-refractivity contribution < 1.29 is 0 Å². The lowest BCUT2D eigenvalue weighted by molar-refractivity contribution is 0.336. The monoisotopic (exact) mass is 197 g/mol. The molecule has 0 aromatic rings. The summed E-state index contributed by atoms with van der Waals surface area (Å²) in [4.78, 5) is 6.86. The largest absolute Gasteiger partial charge is 0.387 e. The fourth-order valence-corrected chi connectivity index (χ4v) is 1.86. The lowest BCUT2D eigenvalue weighted by Crippen LogP contribution is -2.21. The quantitative estimate of drug-likeness (QED) is 0.399. The summed E-state index contributed by atoms with van der Waals surface area (Å²) in [6.07, 6.45) is 5.96. The Balaban J connectivity index is 2.00. The summed E-state index contributed by atoms with van der Waals surface area (Å²) >= 11 is 0. The number of nitrogens with two attached hydrogens (primary N) is 1. The number of amidine groups is 1. The Bertz CT molecular complexity index is 171. The molecule has 0 aromatic heterocycles. The number of nitrogens with zero attached hydrogens (tertiary/aromatic N) is 2. The Kier molecular flexibility index (Phi) is 5.60. The topological polar surface area (TPSA) is 41.6 Å². The van der Waals surface area contributed by atoms with Crippen LogP contribution in [0.4, 0.5) is 0 Å². The summed E-state index contributed by atoms with van der Waals surface area (Å²) in [5.74, 6) is 0.828. The van der Waals surface area contributed by atoms with Crippen LogP contribution in [0.1, 0.15) is 39.0 Å². The molecule has 0 aromatic carbocycles. The summed E-state index contributed by atoms with van der Waals surface area (Å²) in [6, 6.07) is 0. The molecular weight excluding hydrogens is 174 g/mol. The molecule has 0 spiro atoms. The zero-order valence-electron chi connectivity index (χ0n) is 9.34. The van der Waals surface area contributed by atoms with Gasteiger partial charge in [-0.05, 0) is 45.3 Å². The van der Waals surface area contributed by atoms with E-state index in [1.54, 1.807) is 0 Å². The van der Waals surface area contributed by atoms with Crippen LogP contribution in [0, 0.1) is 0 Å². The second-order valence-electron chi connectivity index (χ2n) is 4.03. The Morgan fingerprint density at radius 3 is 2.71 bits per heavy atom. The van der Waals surface area contributed by atoms with E-state index in [4.69, 9.17) is 5.73 Å². The average Bonchev–Trinajstić information content (AvgIpc) is 2.65. The van der Waals surface area contributed by atoms with Crippen molar-refractivity contribution >= 4 is 5.84 Å². The van der Waals surface area contributed by atoms with Crippen LogP contribution in [0.3, 0.4) is 0 Å². The fraction of sp³-hybridized carbons (Fsp3) is 0.909. The highest BCUT2D eigenvalue weighted by atomic mass is 15.1. The maximum Gasteiger partial charge on any atom is 0.0936 e. The molecule has 3 heteroatoms. The van der Waals surface area contributed by atoms with Gasteiger partial charge in [0.25, 0.3) is 0 Å². The van der Waals surface area contributed by atoms with E-state index in [2.05, 4.69) is 16.8 Å². The van der Waals surface area contributed by atoms with Crippen LogP contribution in [0.2, 0.25) is 0 Å². The number of aliphatic imine (C=N–C) groups is 1. The zero-order chi connectivity index (χ0) is 10.2. The first-order valence-corrected chi connectivity index (χ1v) is 5.84. The van der Waals surface area contributed by atoms with E-state index in [1.165, 1.54) is 32.5 Å². The van der Waals surface area contributed by atoms with Crippen molar-refractivity contribution in [2.45, 2.75) is 39.0 Å². The molecule has 1 saturated heterocycles. The summed E-state index contributed by atoms with van der Waals surface area (Å²) in [7, 11) is 0.